The number of piperidine rings is 3. The topological polar surface area (TPSA) is 190 Å². The first kappa shape index (κ1) is 67.7. The lowest BCUT2D eigenvalue weighted by Crippen LogP contribution is -2.50. The molecule has 3 spiro atoms. The van der Waals surface area contributed by atoms with Gasteiger partial charge in [-0.05, 0) is 135 Å². The van der Waals surface area contributed by atoms with Gasteiger partial charge < -0.3 is 61.7 Å². The Kier molecular flexibility index (Phi) is 18.3. The number of benzene rings is 6. The zero-order valence-corrected chi connectivity index (χ0v) is 56.3. The molecule has 6 aliphatic heterocycles. The average molecular weight is 1380 g/mol. The smallest absolute Gasteiger partial charge is 0.496 e. The molecule has 516 valence electrons. The molecule has 0 radical (unpaired) electrons. The van der Waals surface area contributed by atoms with E-state index >= 15 is 0 Å². The molecule has 0 N–H and O–H groups in total. The summed E-state index contributed by atoms with van der Waals surface area (Å²) in [5.41, 5.74) is 5.78. The standard InChI is InChI=1S/C28H30N2O5.C24H20ClF3N2O4.C24H20FN3O3/c1-18(2)34-24-11-9-20(17-25(24)33-4)27(32)29-15-13-28(14-16-29)26-12-10-21(19(3)31)30(26)22-7-5-6-8-23(22)35-28;1-32-19-14-16(33-24(26,27)28)5-6-17(19)22(31)29-11-8-23(9-12-29)21-3-2-10-30(21)18-7-4-15(25)13-20(18)34-23;1-30-20-8-6-16(25)14-18(20)23(29)27-12-10-24(11-13-27)22-9-7-17(15-26)28(22)19-4-2-3-5-21(19)31-24/h5-12,17-18H,13-16H2,1-4H3;2-7,10,13-14H,8-9,11-12H2,1H3;2-9,14H,10-13H2,1H3. The Labute approximate surface area is 579 Å². The zero-order valence-electron chi connectivity index (χ0n) is 55.6. The van der Waals surface area contributed by atoms with Crippen molar-refractivity contribution in [3.63, 3.8) is 0 Å². The number of Topliss-reactive ketones (excluding diaryl/α,β-unsaturated/α-hetero) is 1. The highest BCUT2D eigenvalue weighted by atomic mass is 35.5. The predicted molar refractivity (Wildman–Crippen MR) is 361 cm³/mol. The molecule has 19 nitrogen and oxygen atoms in total. The molecular weight excluding hydrogens is 1310 g/mol. The number of nitriles is 1. The van der Waals surface area contributed by atoms with E-state index < -0.39 is 34.7 Å². The van der Waals surface area contributed by atoms with Crippen LogP contribution in [0.1, 0.15) is 124 Å². The summed E-state index contributed by atoms with van der Waals surface area (Å²) in [5, 5.41) is 10.2. The van der Waals surface area contributed by atoms with Crippen molar-refractivity contribution in [2.24, 2.45) is 0 Å². The van der Waals surface area contributed by atoms with Crippen LogP contribution < -0.4 is 37.9 Å². The first-order valence-electron chi connectivity index (χ1n) is 32.7. The number of para-hydroxylation sites is 4. The summed E-state index contributed by atoms with van der Waals surface area (Å²) in [4.78, 5) is 57.2. The minimum absolute atomic E-state index is 0.00632. The molecule has 3 saturated heterocycles. The van der Waals surface area contributed by atoms with Crippen LogP contribution in [0.5, 0.6) is 46.0 Å². The molecule has 9 aromatic rings. The Hall–Kier alpha value is -10.9. The Morgan fingerprint density at radius 3 is 1.68 bits per heavy atom. The van der Waals surface area contributed by atoms with Gasteiger partial charge in [0.1, 0.15) is 52.1 Å². The van der Waals surface area contributed by atoms with Crippen LogP contribution in [-0.4, -0.2) is 125 Å². The summed E-state index contributed by atoms with van der Waals surface area (Å²) in [6.07, 6.45) is 0.571. The number of carbonyl (C=O) groups excluding carboxylic acids is 4. The van der Waals surface area contributed by atoms with E-state index in [2.05, 4.69) is 15.4 Å². The number of halogens is 5. The fourth-order valence-electron chi connectivity index (χ4n) is 14.3. The van der Waals surface area contributed by atoms with Gasteiger partial charge in [-0.2, -0.15) is 5.26 Å². The van der Waals surface area contributed by atoms with E-state index in [1.807, 2.05) is 125 Å². The number of methoxy groups -OCH3 is 3. The van der Waals surface area contributed by atoms with Gasteiger partial charge in [-0.15, -0.1) is 13.2 Å². The summed E-state index contributed by atoms with van der Waals surface area (Å²) >= 11 is 6.19. The second-order valence-electron chi connectivity index (χ2n) is 25.3. The van der Waals surface area contributed by atoms with Crippen LogP contribution in [0.2, 0.25) is 5.02 Å². The highest BCUT2D eigenvalue weighted by molar-refractivity contribution is 6.30. The van der Waals surface area contributed by atoms with E-state index in [1.54, 1.807) is 54.2 Å². The highest BCUT2D eigenvalue weighted by Gasteiger charge is 2.49. The predicted octanol–water partition coefficient (Wildman–Crippen LogP) is 14.6. The van der Waals surface area contributed by atoms with E-state index in [1.165, 1.54) is 38.5 Å². The van der Waals surface area contributed by atoms with Crippen LogP contribution in [0.25, 0.3) is 17.1 Å². The molecule has 3 fully saturated rings. The molecule has 100 heavy (non-hydrogen) atoms. The van der Waals surface area contributed by atoms with Gasteiger partial charge in [0.2, 0.25) is 0 Å². The van der Waals surface area contributed by atoms with E-state index in [0.29, 0.717) is 129 Å². The number of hydrogen-bond donors (Lipinski definition) is 0. The van der Waals surface area contributed by atoms with Gasteiger partial charge in [0, 0.05) is 114 Å². The molecule has 3 aromatic heterocycles. The Bertz CT molecular complexity index is 4680. The van der Waals surface area contributed by atoms with Crippen LogP contribution in [-0.2, 0) is 16.8 Å². The molecule has 0 bridgehead atoms. The van der Waals surface area contributed by atoms with Gasteiger partial charge in [0.25, 0.3) is 17.7 Å². The molecule has 0 atom stereocenters. The van der Waals surface area contributed by atoms with Gasteiger partial charge in [0.05, 0.1) is 78.4 Å². The third-order valence-corrected chi connectivity index (χ3v) is 19.3. The van der Waals surface area contributed by atoms with Crippen molar-refractivity contribution in [2.75, 3.05) is 60.6 Å². The van der Waals surface area contributed by atoms with Crippen LogP contribution in [0, 0.1) is 17.1 Å². The van der Waals surface area contributed by atoms with Crippen molar-refractivity contribution in [3.05, 3.63) is 220 Å². The number of rotatable bonds is 10. The maximum Gasteiger partial charge on any atom is 0.573 e. The molecule has 3 amide bonds. The first-order chi connectivity index (χ1) is 48.1. The number of nitrogens with zero attached hydrogens (tertiary/aromatic N) is 7. The molecular formula is C76H70ClF4N7O12. The lowest BCUT2D eigenvalue weighted by molar-refractivity contribution is -0.274. The molecule has 0 aliphatic carbocycles. The number of ketones is 1. The minimum atomic E-state index is -4.84. The van der Waals surface area contributed by atoms with Crippen LogP contribution in [0.4, 0.5) is 17.6 Å². The van der Waals surface area contributed by atoms with Gasteiger partial charge in [-0.25, -0.2) is 4.39 Å². The van der Waals surface area contributed by atoms with Crippen molar-refractivity contribution < 1.29 is 74.6 Å². The highest BCUT2D eigenvalue weighted by Crippen LogP contribution is 2.50. The van der Waals surface area contributed by atoms with Crippen molar-refractivity contribution >= 4 is 35.1 Å². The summed E-state index contributed by atoms with van der Waals surface area (Å²) in [7, 11) is 4.33. The first-order valence-corrected chi connectivity index (χ1v) is 33.0. The number of amides is 3. The fraction of sp³-hybridized carbons (Fsp3) is 0.303. The number of hydrogen-bond acceptors (Lipinski definition) is 13. The molecule has 0 unspecified atom stereocenters. The molecule has 0 saturated carbocycles. The Morgan fingerprint density at radius 2 is 1.09 bits per heavy atom. The van der Waals surface area contributed by atoms with Gasteiger partial charge >= 0.3 is 6.36 Å². The van der Waals surface area contributed by atoms with E-state index in [0.717, 1.165) is 52.0 Å². The minimum Gasteiger partial charge on any atom is -0.496 e. The molecule has 15 rings (SSSR count). The third kappa shape index (κ3) is 12.8. The number of alkyl halides is 3. The molecule has 6 aliphatic rings. The van der Waals surface area contributed by atoms with Crippen LogP contribution in [0.3, 0.4) is 0 Å². The van der Waals surface area contributed by atoms with Gasteiger partial charge in [-0.3, -0.25) is 23.7 Å². The molecule has 6 aromatic carbocycles. The van der Waals surface area contributed by atoms with Crippen molar-refractivity contribution in [3.8, 4) is 69.1 Å². The maximum absolute atomic E-state index is 13.8. The van der Waals surface area contributed by atoms with Gasteiger partial charge in [-0.1, -0.05) is 35.9 Å². The average Bonchev–Trinajstić information content (AvgIpc) is 1.41. The number of aromatic nitrogens is 3. The zero-order chi connectivity index (χ0) is 70.4. The summed E-state index contributed by atoms with van der Waals surface area (Å²) in [6.45, 7) is 8.21. The maximum atomic E-state index is 13.8. The second-order valence-corrected chi connectivity index (χ2v) is 25.7. The fourth-order valence-corrected chi connectivity index (χ4v) is 14.5. The van der Waals surface area contributed by atoms with Crippen molar-refractivity contribution in [1.29, 1.82) is 5.26 Å². The van der Waals surface area contributed by atoms with Crippen LogP contribution in [0.15, 0.2) is 164 Å². The van der Waals surface area contributed by atoms with Crippen molar-refractivity contribution in [2.45, 2.75) is 88.6 Å². The SMILES string of the molecule is COc1cc(C(=O)N2CCC3(CC2)Oc2ccccc2-n2c(C(C)=O)ccc23)ccc1OC(C)C.COc1cc(OC(F)(F)F)ccc1C(=O)N1CCC2(CC1)Oc1cc(Cl)ccc1-n1cccc12.COc1ccc(F)cc1C(=O)N1CCC2(CC1)Oc1ccccc1-n1c(C#N)ccc12. The summed E-state index contributed by atoms with van der Waals surface area (Å²) in [5.74, 6) is 2.10. The second kappa shape index (κ2) is 27.1. The van der Waals surface area contributed by atoms with Crippen LogP contribution >= 0.6 is 11.6 Å². The summed E-state index contributed by atoms with van der Waals surface area (Å²) < 4.78 is 103. The Morgan fingerprint density at radius 1 is 0.540 bits per heavy atom. The molecule has 24 heteroatoms. The number of fused-ring (bicyclic) bond motifs is 12. The van der Waals surface area contributed by atoms with Crippen molar-refractivity contribution in [1.82, 2.24) is 28.4 Å². The van der Waals surface area contributed by atoms with Gasteiger partial charge in [0.15, 0.2) is 34.1 Å². The number of ether oxygens (including phenoxy) is 8. The number of carbonyl (C=O) groups is 4. The third-order valence-electron chi connectivity index (χ3n) is 19.1. The number of likely N-dealkylation sites (tertiary alicyclic amines) is 3. The normalized spacial score (nSPS) is 16.1. The lowest BCUT2D eigenvalue weighted by Gasteiger charge is -2.45. The van der Waals surface area contributed by atoms with E-state index in [-0.39, 0.29) is 46.5 Å². The van der Waals surface area contributed by atoms with E-state index in [9.17, 15) is 42.0 Å². The molecule has 9 heterocycles. The quantitative estimate of drug-likeness (QED) is 0.0929. The van der Waals surface area contributed by atoms with E-state index in [4.69, 9.17) is 44.8 Å². The lowest BCUT2D eigenvalue weighted by atomic mass is 9.86. The largest absolute Gasteiger partial charge is 0.573 e. The summed E-state index contributed by atoms with van der Waals surface area (Å²) in [6, 6.07) is 47.5. The Balaban J connectivity index is 0.000000135. The monoisotopic (exact) mass is 1380 g/mol.